The van der Waals surface area contributed by atoms with Crippen LogP contribution in [-0.4, -0.2) is 57.0 Å². The Bertz CT molecular complexity index is 721. The van der Waals surface area contributed by atoms with E-state index in [0.717, 1.165) is 23.4 Å². The van der Waals surface area contributed by atoms with Gasteiger partial charge in [-0.3, -0.25) is 4.79 Å². The van der Waals surface area contributed by atoms with E-state index in [1.807, 2.05) is 19.2 Å². The number of carbonyl (C=O) groups is 2. The first kappa shape index (κ1) is 16.2. The van der Waals surface area contributed by atoms with Crippen LogP contribution in [0.2, 0.25) is 0 Å². The molecular formula is C18H22N2O5. The van der Waals surface area contributed by atoms with E-state index in [1.165, 1.54) is 4.90 Å². The first-order valence-corrected chi connectivity index (χ1v) is 8.57. The van der Waals surface area contributed by atoms with Crippen LogP contribution in [-0.2, 0) is 19.7 Å². The Kier molecular flexibility index (Phi) is 3.83. The summed E-state index contributed by atoms with van der Waals surface area (Å²) in [5, 5.41) is 0. The summed E-state index contributed by atoms with van der Waals surface area (Å²) in [7, 11) is 3.67. The minimum Gasteiger partial charge on any atom is -0.497 e. The Labute approximate surface area is 146 Å². The number of fused-ring (bicyclic) bond motifs is 3. The zero-order chi connectivity index (χ0) is 17.6. The van der Waals surface area contributed by atoms with Crippen LogP contribution in [0.3, 0.4) is 0 Å². The van der Waals surface area contributed by atoms with Gasteiger partial charge >= 0.3 is 6.09 Å². The maximum absolute atomic E-state index is 12.5. The summed E-state index contributed by atoms with van der Waals surface area (Å²) in [6.45, 7) is 1.28. The van der Waals surface area contributed by atoms with E-state index in [0.29, 0.717) is 26.0 Å². The van der Waals surface area contributed by atoms with Crippen LogP contribution in [0.5, 0.6) is 5.75 Å². The molecule has 0 aromatic heterocycles. The van der Waals surface area contributed by atoms with Crippen molar-refractivity contribution in [2.75, 3.05) is 38.8 Å². The molecule has 0 radical (unpaired) electrons. The summed E-state index contributed by atoms with van der Waals surface area (Å²) in [6, 6.07) is 6.03. The lowest BCUT2D eigenvalue weighted by molar-refractivity contribution is -0.128. The van der Waals surface area contributed by atoms with Gasteiger partial charge in [0.05, 0.1) is 20.3 Å². The molecule has 1 aromatic rings. The van der Waals surface area contributed by atoms with Crippen molar-refractivity contribution < 1.29 is 23.8 Å². The molecule has 0 N–H and O–H groups in total. The molecule has 4 rings (SSSR count). The van der Waals surface area contributed by atoms with E-state index in [9.17, 15) is 9.59 Å². The number of cyclic esters (lactones) is 1. The fourth-order valence-electron chi connectivity index (χ4n) is 4.33. The lowest BCUT2D eigenvalue weighted by atomic mass is 9.75. The number of nitrogens with zero attached hydrogens (tertiary/aromatic N) is 2. The summed E-state index contributed by atoms with van der Waals surface area (Å²) < 4.78 is 16.3. The number of anilines is 1. The third kappa shape index (κ3) is 2.37. The standard InChI is InChI=1S/C18H22N2O5/c1-19-14-4-3-12(23-2)11-13(14)18(7-9-24-16(18)19)6-5-15(21)20-8-10-25-17(20)22/h3-4,11,16H,5-10H2,1-2H3. The molecule has 2 unspecified atom stereocenters. The zero-order valence-electron chi connectivity index (χ0n) is 14.5. The highest BCUT2D eigenvalue weighted by atomic mass is 16.6. The van der Waals surface area contributed by atoms with Gasteiger partial charge in [-0.15, -0.1) is 0 Å². The Balaban J connectivity index is 1.61. The van der Waals surface area contributed by atoms with Crippen molar-refractivity contribution in [2.24, 2.45) is 0 Å². The molecule has 2 saturated heterocycles. The van der Waals surface area contributed by atoms with Crippen LogP contribution in [0.1, 0.15) is 24.8 Å². The van der Waals surface area contributed by atoms with Crippen molar-refractivity contribution in [1.29, 1.82) is 0 Å². The van der Waals surface area contributed by atoms with Crippen molar-refractivity contribution in [3.8, 4) is 5.75 Å². The quantitative estimate of drug-likeness (QED) is 0.829. The number of amides is 2. The first-order valence-electron chi connectivity index (χ1n) is 8.57. The van der Waals surface area contributed by atoms with Crippen molar-refractivity contribution in [1.82, 2.24) is 4.90 Å². The monoisotopic (exact) mass is 346 g/mol. The third-order valence-electron chi connectivity index (χ3n) is 5.62. The number of imide groups is 1. The average molecular weight is 346 g/mol. The molecule has 7 heteroatoms. The van der Waals surface area contributed by atoms with Crippen molar-refractivity contribution >= 4 is 17.7 Å². The van der Waals surface area contributed by atoms with Gasteiger partial charge in [0.2, 0.25) is 5.91 Å². The van der Waals surface area contributed by atoms with E-state index in [-0.39, 0.29) is 24.2 Å². The van der Waals surface area contributed by atoms with E-state index >= 15 is 0 Å². The highest BCUT2D eigenvalue weighted by Gasteiger charge is 2.54. The molecule has 0 bridgehead atoms. The number of carbonyl (C=O) groups excluding carboxylic acids is 2. The Morgan fingerprint density at radius 3 is 2.96 bits per heavy atom. The SMILES string of the molecule is COc1ccc2c(c1)C1(CCC(=O)N3CCOC3=O)CCOC1N2C. The molecule has 0 saturated carbocycles. The van der Waals surface area contributed by atoms with Gasteiger partial charge < -0.3 is 19.1 Å². The molecule has 25 heavy (non-hydrogen) atoms. The van der Waals surface area contributed by atoms with Gasteiger partial charge in [-0.2, -0.15) is 0 Å². The molecule has 2 fully saturated rings. The molecule has 134 valence electrons. The fourth-order valence-corrected chi connectivity index (χ4v) is 4.33. The molecule has 3 heterocycles. The molecule has 3 aliphatic rings. The largest absolute Gasteiger partial charge is 0.497 e. The number of benzene rings is 1. The van der Waals surface area contributed by atoms with E-state index in [1.54, 1.807) is 7.11 Å². The maximum atomic E-state index is 12.5. The second-order valence-corrected chi connectivity index (χ2v) is 6.78. The molecule has 3 aliphatic heterocycles. The molecular weight excluding hydrogens is 324 g/mol. The smallest absolute Gasteiger partial charge is 0.416 e. The van der Waals surface area contributed by atoms with Crippen LogP contribution < -0.4 is 9.64 Å². The number of likely N-dealkylation sites (N-methyl/N-ethyl adjacent to an activating group) is 1. The third-order valence-corrected chi connectivity index (χ3v) is 5.62. The summed E-state index contributed by atoms with van der Waals surface area (Å²) in [5.74, 6) is 0.620. The molecule has 2 amide bonds. The Morgan fingerprint density at radius 2 is 2.24 bits per heavy atom. The van der Waals surface area contributed by atoms with Crippen molar-refractivity contribution in [3.05, 3.63) is 23.8 Å². The summed E-state index contributed by atoms with van der Waals surface area (Å²) in [6.07, 6.45) is 1.14. The van der Waals surface area contributed by atoms with Gasteiger partial charge in [-0.05, 0) is 36.6 Å². The zero-order valence-corrected chi connectivity index (χ0v) is 14.5. The second-order valence-electron chi connectivity index (χ2n) is 6.78. The van der Waals surface area contributed by atoms with Crippen LogP contribution in [0, 0.1) is 0 Å². The normalized spacial score (nSPS) is 27.3. The highest BCUT2D eigenvalue weighted by Crippen LogP contribution is 2.53. The first-order chi connectivity index (χ1) is 12.1. The number of methoxy groups -OCH3 is 1. The molecule has 0 aliphatic carbocycles. The summed E-state index contributed by atoms with van der Waals surface area (Å²) in [5.41, 5.74) is 2.02. The lowest BCUT2D eigenvalue weighted by Crippen LogP contribution is -2.41. The van der Waals surface area contributed by atoms with Crippen LogP contribution in [0.25, 0.3) is 0 Å². The van der Waals surface area contributed by atoms with Gasteiger partial charge in [0.1, 0.15) is 18.6 Å². The van der Waals surface area contributed by atoms with Crippen LogP contribution in [0.4, 0.5) is 10.5 Å². The molecule has 0 spiro atoms. The van der Waals surface area contributed by atoms with Gasteiger partial charge in [-0.1, -0.05) is 0 Å². The minimum atomic E-state index is -0.535. The van der Waals surface area contributed by atoms with E-state index in [4.69, 9.17) is 14.2 Å². The van der Waals surface area contributed by atoms with E-state index in [2.05, 4.69) is 11.0 Å². The van der Waals surface area contributed by atoms with Gasteiger partial charge in [0.25, 0.3) is 0 Å². The number of ether oxygens (including phenoxy) is 3. The Morgan fingerprint density at radius 1 is 1.40 bits per heavy atom. The maximum Gasteiger partial charge on any atom is 0.416 e. The number of hydrogen-bond acceptors (Lipinski definition) is 6. The highest BCUT2D eigenvalue weighted by molar-refractivity contribution is 5.93. The predicted molar refractivity (Wildman–Crippen MR) is 89.7 cm³/mol. The van der Waals surface area contributed by atoms with Gasteiger partial charge in [0, 0.05) is 24.6 Å². The van der Waals surface area contributed by atoms with Crippen LogP contribution >= 0.6 is 0 Å². The molecule has 2 atom stereocenters. The molecule has 7 nitrogen and oxygen atoms in total. The van der Waals surface area contributed by atoms with Crippen molar-refractivity contribution in [2.45, 2.75) is 30.9 Å². The van der Waals surface area contributed by atoms with Crippen LogP contribution in [0.15, 0.2) is 18.2 Å². The number of hydrogen-bond donors (Lipinski definition) is 0. The molecule has 1 aromatic carbocycles. The lowest BCUT2D eigenvalue weighted by Gasteiger charge is -2.30. The summed E-state index contributed by atoms with van der Waals surface area (Å²) >= 11 is 0. The second kappa shape index (κ2) is 5.91. The average Bonchev–Trinajstić information content (AvgIpc) is 3.29. The predicted octanol–water partition coefficient (Wildman–Crippen LogP) is 1.89. The van der Waals surface area contributed by atoms with Gasteiger partial charge in [0.15, 0.2) is 0 Å². The van der Waals surface area contributed by atoms with Gasteiger partial charge in [-0.25, -0.2) is 9.69 Å². The fraction of sp³-hybridized carbons (Fsp3) is 0.556. The van der Waals surface area contributed by atoms with E-state index < -0.39 is 6.09 Å². The van der Waals surface area contributed by atoms with Crippen molar-refractivity contribution in [3.63, 3.8) is 0 Å². The topological polar surface area (TPSA) is 68.3 Å². The summed E-state index contributed by atoms with van der Waals surface area (Å²) in [4.78, 5) is 27.4. The minimum absolute atomic E-state index is 0.0899. The Hall–Kier alpha value is -2.28. The number of rotatable bonds is 4.